The Bertz CT molecular complexity index is 275. The smallest absolute Gasteiger partial charge is 0.134 e. The highest BCUT2D eigenvalue weighted by atomic mass is 127. The maximum atomic E-state index is 5.10. The van der Waals surface area contributed by atoms with Gasteiger partial charge in [0.1, 0.15) is 5.75 Å². The molecule has 0 radical (unpaired) electrons. The van der Waals surface area contributed by atoms with Crippen LogP contribution in [0.3, 0.4) is 0 Å². The molecule has 1 aromatic carbocycles. The fraction of sp³-hybridized carbons (Fsp3) is 0.143. The van der Waals surface area contributed by atoms with E-state index in [1.807, 2.05) is 12.1 Å². The van der Waals surface area contributed by atoms with Gasteiger partial charge in [0.05, 0.1) is 11.6 Å². The summed E-state index contributed by atoms with van der Waals surface area (Å²) in [6, 6.07) is 3.92. The van der Waals surface area contributed by atoms with Crippen LogP contribution in [0.25, 0.3) is 0 Å². The summed E-state index contributed by atoms with van der Waals surface area (Å²) in [5.74, 6) is 0.845. The molecule has 1 nitrogen and oxygen atoms in total. The van der Waals surface area contributed by atoms with Crippen molar-refractivity contribution in [2.45, 2.75) is 0 Å². The van der Waals surface area contributed by atoms with Crippen molar-refractivity contribution in [3.8, 4) is 5.75 Å². The van der Waals surface area contributed by atoms with E-state index in [0.29, 0.717) is 0 Å². The van der Waals surface area contributed by atoms with Crippen LogP contribution in [0.2, 0.25) is 0 Å². The van der Waals surface area contributed by atoms with Crippen LogP contribution in [-0.2, 0) is 0 Å². The van der Waals surface area contributed by atoms with Crippen molar-refractivity contribution in [3.63, 3.8) is 0 Å². The molecule has 0 spiro atoms. The van der Waals surface area contributed by atoms with Gasteiger partial charge in [0.25, 0.3) is 0 Å². The molecule has 0 atom stereocenters. The third-order valence-corrected chi connectivity index (χ3v) is 5.00. The Hall–Kier alpha value is 0.710. The van der Waals surface area contributed by atoms with Gasteiger partial charge < -0.3 is 4.74 Å². The highest BCUT2D eigenvalue weighted by Crippen LogP contribution is 2.35. The van der Waals surface area contributed by atoms with E-state index in [-0.39, 0.29) is 0 Å². The van der Waals surface area contributed by atoms with Crippen molar-refractivity contribution < 1.29 is 4.74 Å². The molecule has 0 fully saturated rings. The molecular weight excluding hydrogens is 387 g/mol. The number of methoxy groups -OCH3 is 1. The second-order valence-corrected chi connectivity index (χ2v) is 4.63. The zero-order valence-electron chi connectivity index (χ0n) is 5.70. The molecule has 1 aromatic rings. The molecule has 0 aliphatic rings. The van der Waals surface area contributed by atoms with E-state index in [1.54, 1.807) is 7.11 Å². The third-order valence-electron chi connectivity index (χ3n) is 1.22. The summed E-state index contributed by atoms with van der Waals surface area (Å²) in [7, 11) is 1.65. The standard InChI is InChI=1S/C7H5Br2IO/c1-11-5-3-2-4(10)6(8)7(5)9/h2-3H,1H3. The zero-order chi connectivity index (χ0) is 8.43. The third kappa shape index (κ3) is 2.09. The van der Waals surface area contributed by atoms with Crippen molar-refractivity contribution in [3.05, 3.63) is 24.6 Å². The topological polar surface area (TPSA) is 9.23 Å². The van der Waals surface area contributed by atoms with Crippen molar-refractivity contribution in [1.82, 2.24) is 0 Å². The summed E-state index contributed by atoms with van der Waals surface area (Å²) in [5, 5.41) is 0. The first-order chi connectivity index (χ1) is 5.16. The fourth-order valence-electron chi connectivity index (χ4n) is 0.666. The second-order valence-electron chi connectivity index (χ2n) is 1.88. The van der Waals surface area contributed by atoms with E-state index in [0.717, 1.165) is 18.3 Å². The van der Waals surface area contributed by atoms with Gasteiger partial charge in [0.15, 0.2) is 0 Å². The maximum Gasteiger partial charge on any atom is 0.134 e. The Morgan fingerprint density at radius 3 is 2.45 bits per heavy atom. The first-order valence-corrected chi connectivity index (χ1v) is 5.50. The normalized spacial score (nSPS) is 9.82. The molecule has 0 saturated carbocycles. The number of hydrogen-bond donors (Lipinski definition) is 0. The number of halogens is 3. The zero-order valence-corrected chi connectivity index (χ0v) is 11.0. The average Bonchev–Trinajstić information content (AvgIpc) is 2.01. The molecule has 0 aromatic heterocycles. The molecule has 0 unspecified atom stereocenters. The van der Waals surface area contributed by atoms with E-state index in [9.17, 15) is 0 Å². The predicted octanol–water partition coefficient (Wildman–Crippen LogP) is 3.82. The fourth-order valence-corrected chi connectivity index (χ4v) is 2.32. The summed E-state index contributed by atoms with van der Waals surface area (Å²) in [4.78, 5) is 0. The van der Waals surface area contributed by atoms with Crippen LogP contribution in [0, 0.1) is 3.57 Å². The van der Waals surface area contributed by atoms with Crippen LogP contribution in [0.4, 0.5) is 0 Å². The molecule has 4 heteroatoms. The van der Waals surface area contributed by atoms with Crippen LogP contribution < -0.4 is 4.74 Å². The number of hydrogen-bond acceptors (Lipinski definition) is 1. The van der Waals surface area contributed by atoms with E-state index in [1.165, 1.54) is 0 Å². The van der Waals surface area contributed by atoms with Crippen molar-refractivity contribution >= 4 is 54.5 Å². The summed E-state index contributed by atoms with van der Waals surface area (Å²) in [5.41, 5.74) is 0. The van der Waals surface area contributed by atoms with Crippen molar-refractivity contribution in [1.29, 1.82) is 0 Å². The van der Waals surface area contributed by atoms with E-state index in [2.05, 4.69) is 54.5 Å². The summed E-state index contributed by atoms with van der Waals surface area (Å²) >= 11 is 9.10. The Kier molecular flexibility index (Phi) is 3.64. The van der Waals surface area contributed by atoms with Gasteiger partial charge in [0, 0.05) is 8.04 Å². The molecular formula is C7H5Br2IO. The first-order valence-electron chi connectivity index (χ1n) is 2.84. The first kappa shape index (κ1) is 9.80. The second kappa shape index (κ2) is 4.09. The number of ether oxygens (including phenoxy) is 1. The summed E-state index contributed by atoms with van der Waals surface area (Å²) in [6.45, 7) is 0. The minimum atomic E-state index is 0.845. The van der Waals surface area contributed by atoms with Crippen LogP contribution in [0.5, 0.6) is 5.75 Å². The van der Waals surface area contributed by atoms with Gasteiger partial charge in [-0.05, 0) is 66.6 Å². The highest BCUT2D eigenvalue weighted by molar-refractivity contribution is 14.1. The minimum Gasteiger partial charge on any atom is -0.496 e. The van der Waals surface area contributed by atoms with Gasteiger partial charge in [-0.1, -0.05) is 0 Å². The van der Waals surface area contributed by atoms with Crippen LogP contribution >= 0.6 is 54.5 Å². The van der Waals surface area contributed by atoms with Gasteiger partial charge in [0.2, 0.25) is 0 Å². The molecule has 0 heterocycles. The van der Waals surface area contributed by atoms with Gasteiger partial charge >= 0.3 is 0 Å². The lowest BCUT2D eigenvalue weighted by Gasteiger charge is -2.05. The summed E-state index contributed by atoms with van der Waals surface area (Å²) in [6.07, 6.45) is 0. The van der Waals surface area contributed by atoms with Gasteiger partial charge in [-0.25, -0.2) is 0 Å². The molecule has 0 bridgehead atoms. The monoisotopic (exact) mass is 390 g/mol. The lowest BCUT2D eigenvalue weighted by atomic mass is 10.3. The molecule has 0 saturated heterocycles. The van der Waals surface area contributed by atoms with E-state index >= 15 is 0 Å². The maximum absolute atomic E-state index is 5.10. The molecule has 0 aliphatic heterocycles. The Labute approximate surface area is 95.9 Å². The van der Waals surface area contributed by atoms with E-state index in [4.69, 9.17) is 4.74 Å². The lowest BCUT2D eigenvalue weighted by molar-refractivity contribution is 0.411. The predicted molar refractivity (Wildman–Crippen MR) is 61.1 cm³/mol. The molecule has 11 heavy (non-hydrogen) atoms. The molecule has 0 N–H and O–H groups in total. The number of rotatable bonds is 1. The van der Waals surface area contributed by atoms with Crippen LogP contribution in [0.1, 0.15) is 0 Å². The Morgan fingerprint density at radius 1 is 1.27 bits per heavy atom. The summed E-state index contributed by atoms with van der Waals surface area (Å²) < 4.78 is 8.27. The highest BCUT2D eigenvalue weighted by Gasteiger charge is 2.06. The quantitative estimate of drug-likeness (QED) is 0.522. The average molecular weight is 392 g/mol. The molecule has 0 amide bonds. The van der Waals surface area contributed by atoms with Crippen molar-refractivity contribution in [2.75, 3.05) is 7.11 Å². The Morgan fingerprint density at radius 2 is 1.91 bits per heavy atom. The van der Waals surface area contributed by atoms with E-state index < -0.39 is 0 Å². The van der Waals surface area contributed by atoms with Crippen LogP contribution in [0.15, 0.2) is 21.1 Å². The molecule has 60 valence electrons. The van der Waals surface area contributed by atoms with Crippen molar-refractivity contribution in [2.24, 2.45) is 0 Å². The molecule has 1 rings (SSSR count). The lowest BCUT2D eigenvalue weighted by Crippen LogP contribution is -1.86. The largest absolute Gasteiger partial charge is 0.496 e. The van der Waals surface area contributed by atoms with Gasteiger partial charge in [-0.3, -0.25) is 0 Å². The van der Waals surface area contributed by atoms with Gasteiger partial charge in [-0.15, -0.1) is 0 Å². The van der Waals surface area contributed by atoms with Gasteiger partial charge in [-0.2, -0.15) is 0 Å². The number of benzene rings is 1. The minimum absolute atomic E-state index is 0.845. The Balaban J connectivity index is 3.25. The molecule has 0 aliphatic carbocycles. The van der Waals surface area contributed by atoms with Crippen LogP contribution in [-0.4, -0.2) is 7.11 Å². The SMILES string of the molecule is COc1ccc(I)c(Br)c1Br.